The van der Waals surface area contributed by atoms with Crippen molar-refractivity contribution in [1.29, 1.82) is 0 Å². The topological polar surface area (TPSA) is 64.7 Å². The molecule has 1 heterocycles. The Morgan fingerprint density at radius 2 is 1.29 bits per heavy atom. The third-order valence-corrected chi connectivity index (χ3v) is 7.38. The highest BCUT2D eigenvalue weighted by atomic mass is 16.2. The van der Waals surface area contributed by atoms with Gasteiger partial charge in [0.2, 0.25) is 11.8 Å². The van der Waals surface area contributed by atoms with Gasteiger partial charge in [-0.25, -0.2) is 0 Å². The van der Waals surface area contributed by atoms with E-state index in [-0.39, 0.29) is 29.9 Å². The highest BCUT2D eigenvalue weighted by Crippen LogP contribution is 2.18. The number of hydrogen-bond acceptors (Lipinski definition) is 4. The van der Waals surface area contributed by atoms with Gasteiger partial charge in [-0.3, -0.25) is 19.4 Å². The first kappa shape index (κ1) is 26.9. The molecule has 0 saturated carbocycles. The number of amides is 2. The number of piperazine rings is 1. The van der Waals surface area contributed by atoms with E-state index in [1.54, 1.807) is 0 Å². The van der Waals surface area contributed by atoms with E-state index in [1.165, 1.54) is 22.3 Å². The summed E-state index contributed by atoms with van der Waals surface area (Å²) in [4.78, 5) is 29.8. The summed E-state index contributed by atoms with van der Waals surface area (Å²) in [5.74, 6) is 0.0762. The molecule has 0 aromatic heterocycles. The molecule has 2 aromatic carbocycles. The normalized spacial score (nSPS) is 18.7. The molecule has 6 heteroatoms. The average Bonchev–Trinajstić information content (AvgIpc) is 2.79. The monoisotopic (exact) mass is 478 g/mol. The fraction of sp³-hybridized carbons (Fsp3) is 0.517. The van der Waals surface area contributed by atoms with E-state index < -0.39 is 0 Å². The molecule has 1 saturated heterocycles. The van der Waals surface area contributed by atoms with Crippen molar-refractivity contribution in [3.8, 4) is 0 Å². The van der Waals surface area contributed by atoms with Crippen LogP contribution < -0.4 is 10.6 Å². The van der Waals surface area contributed by atoms with Gasteiger partial charge in [-0.15, -0.1) is 0 Å². The quantitative estimate of drug-likeness (QED) is 0.602. The van der Waals surface area contributed by atoms with Gasteiger partial charge in [0.1, 0.15) is 0 Å². The van der Waals surface area contributed by atoms with Crippen molar-refractivity contribution in [2.24, 2.45) is 0 Å². The maximum absolute atomic E-state index is 12.7. The molecule has 0 spiro atoms. The summed E-state index contributed by atoms with van der Waals surface area (Å²) >= 11 is 0. The molecule has 190 valence electrons. The first-order chi connectivity index (χ1) is 16.5. The molecule has 3 rings (SSSR count). The van der Waals surface area contributed by atoms with Crippen LogP contribution in [0.2, 0.25) is 0 Å². The fourth-order valence-electron chi connectivity index (χ4n) is 4.65. The molecule has 2 N–H and O–H groups in total. The van der Waals surface area contributed by atoms with Crippen LogP contribution in [0, 0.1) is 27.7 Å². The minimum atomic E-state index is -0.0265. The number of hydrogen-bond donors (Lipinski definition) is 2. The Hall–Kier alpha value is -2.70. The molecule has 3 unspecified atom stereocenters. The van der Waals surface area contributed by atoms with Crippen molar-refractivity contribution in [3.05, 3.63) is 69.8 Å². The summed E-state index contributed by atoms with van der Waals surface area (Å²) in [6.45, 7) is 17.6. The molecule has 3 atom stereocenters. The summed E-state index contributed by atoms with van der Waals surface area (Å²) in [6.07, 6.45) is 0. The molecule has 2 aromatic rings. The van der Waals surface area contributed by atoms with Gasteiger partial charge < -0.3 is 10.6 Å². The van der Waals surface area contributed by atoms with E-state index in [9.17, 15) is 9.59 Å². The molecule has 2 amide bonds. The highest BCUT2D eigenvalue weighted by molar-refractivity contribution is 5.79. The molecular weight excluding hydrogens is 436 g/mol. The zero-order valence-corrected chi connectivity index (χ0v) is 22.4. The van der Waals surface area contributed by atoms with Gasteiger partial charge in [0.15, 0.2) is 0 Å². The lowest BCUT2D eigenvalue weighted by atomic mass is 10.0. The lowest BCUT2D eigenvalue weighted by Gasteiger charge is -2.39. The van der Waals surface area contributed by atoms with Gasteiger partial charge in [0.05, 0.1) is 25.2 Å². The second-order valence-electron chi connectivity index (χ2n) is 10.3. The molecule has 6 nitrogen and oxygen atoms in total. The minimum absolute atomic E-state index is 0.0245. The molecule has 0 aliphatic carbocycles. The zero-order valence-electron chi connectivity index (χ0n) is 22.4. The van der Waals surface area contributed by atoms with Crippen LogP contribution in [0.5, 0.6) is 0 Å². The largest absolute Gasteiger partial charge is 0.348 e. The van der Waals surface area contributed by atoms with Gasteiger partial charge in [-0.2, -0.15) is 0 Å². The molecule has 0 radical (unpaired) electrons. The Morgan fingerprint density at radius 3 is 1.74 bits per heavy atom. The van der Waals surface area contributed by atoms with E-state index in [1.807, 2.05) is 13.8 Å². The predicted molar refractivity (Wildman–Crippen MR) is 142 cm³/mol. The Labute approximate surface area is 211 Å². The maximum Gasteiger partial charge on any atom is 0.234 e. The Balaban J connectivity index is 1.44. The van der Waals surface area contributed by atoms with Crippen molar-refractivity contribution >= 4 is 11.8 Å². The Kier molecular flexibility index (Phi) is 9.09. The standard InChI is InChI=1S/C29H42N4O2/c1-19-8-10-26(14-21(19)3)24(6)30-28(34)17-32-12-13-33(23(5)16-32)18-29(35)31-25(7)27-11-9-20(2)22(4)15-27/h8-11,14-15,23-25H,12-13,16-18H2,1-7H3,(H,30,34)(H,31,35). The number of benzene rings is 2. The molecule has 1 aliphatic rings. The van der Waals surface area contributed by atoms with Crippen molar-refractivity contribution in [1.82, 2.24) is 20.4 Å². The minimum Gasteiger partial charge on any atom is -0.348 e. The number of carbonyl (C=O) groups excluding carboxylic acids is 2. The highest BCUT2D eigenvalue weighted by Gasteiger charge is 2.27. The third kappa shape index (κ3) is 7.39. The molecular formula is C29H42N4O2. The van der Waals surface area contributed by atoms with Crippen LogP contribution in [-0.4, -0.2) is 60.4 Å². The first-order valence-corrected chi connectivity index (χ1v) is 12.7. The van der Waals surface area contributed by atoms with Crippen LogP contribution in [0.15, 0.2) is 36.4 Å². The molecule has 1 aliphatic heterocycles. The lowest BCUT2D eigenvalue weighted by Crippen LogP contribution is -2.56. The van der Waals surface area contributed by atoms with E-state index in [2.05, 4.69) is 91.5 Å². The summed E-state index contributed by atoms with van der Waals surface area (Å²) in [5, 5.41) is 6.27. The van der Waals surface area contributed by atoms with Gasteiger partial charge in [0.25, 0.3) is 0 Å². The van der Waals surface area contributed by atoms with Crippen LogP contribution in [0.1, 0.15) is 66.2 Å². The maximum atomic E-state index is 12.7. The number of rotatable bonds is 8. The van der Waals surface area contributed by atoms with Gasteiger partial charge in [-0.1, -0.05) is 36.4 Å². The molecule has 35 heavy (non-hydrogen) atoms. The number of nitrogens with one attached hydrogen (secondary N) is 2. The summed E-state index contributed by atoms with van der Waals surface area (Å²) < 4.78 is 0. The zero-order chi connectivity index (χ0) is 25.7. The second kappa shape index (κ2) is 11.8. The van der Waals surface area contributed by atoms with Gasteiger partial charge in [-0.05, 0) is 81.8 Å². The molecule has 1 fully saturated rings. The number of nitrogens with zero attached hydrogens (tertiary/aromatic N) is 2. The van der Waals surface area contributed by atoms with E-state index >= 15 is 0 Å². The average molecular weight is 479 g/mol. The van der Waals surface area contributed by atoms with Crippen LogP contribution in [-0.2, 0) is 9.59 Å². The molecule has 0 bridgehead atoms. The Morgan fingerprint density at radius 1 is 0.800 bits per heavy atom. The lowest BCUT2D eigenvalue weighted by molar-refractivity contribution is -0.126. The summed E-state index contributed by atoms with van der Waals surface area (Å²) in [6, 6.07) is 12.8. The summed E-state index contributed by atoms with van der Waals surface area (Å²) in [5.41, 5.74) is 7.24. The van der Waals surface area contributed by atoms with Crippen molar-refractivity contribution in [3.63, 3.8) is 0 Å². The number of carbonyl (C=O) groups is 2. The smallest absolute Gasteiger partial charge is 0.234 e. The predicted octanol–water partition coefficient (Wildman–Crippen LogP) is 3.98. The third-order valence-electron chi connectivity index (χ3n) is 7.38. The van der Waals surface area contributed by atoms with Crippen LogP contribution in [0.3, 0.4) is 0 Å². The van der Waals surface area contributed by atoms with E-state index in [0.29, 0.717) is 13.1 Å². The fourth-order valence-corrected chi connectivity index (χ4v) is 4.65. The first-order valence-electron chi connectivity index (χ1n) is 12.7. The number of aryl methyl sites for hydroxylation is 4. The van der Waals surface area contributed by atoms with Crippen LogP contribution in [0.4, 0.5) is 0 Å². The van der Waals surface area contributed by atoms with Crippen LogP contribution in [0.25, 0.3) is 0 Å². The van der Waals surface area contributed by atoms with Gasteiger partial charge in [0, 0.05) is 25.7 Å². The SMILES string of the molecule is Cc1ccc(C(C)NC(=O)CN2CCN(CC(=O)NC(C)c3ccc(C)c(C)c3)C(C)C2)cc1C. The van der Waals surface area contributed by atoms with Crippen LogP contribution >= 0.6 is 0 Å². The Bertz CT molecular complexity index is 1050. The second-order valence-corrected chi connectivity index (χ2v) is 10.3. The summed E-state index contributed by atoms with van der Waals surface area (Å²) in [7, 11) is 0. The van der Waals surface area contributed by atoms with E-state index in [0.717, 1.165) is 30.8 Å². The van der Waals surface area contributed by atoms with Gasteiger partial charge >= 0.3 is 0 Å². The van der Waals surface area contributed by atoms with Crippen molar-refractivity contribution in [2.75, 3.05) is 32.7 Å². The van der Waals surface area contributed by atoms with E-state index in [4.69, 9.17) is 0 Å². The van der Waals surface area contributed by atoms with Crippen molar-refractivity contribution < 1.29 is 9.59 Å². The van der Waals surface area contributed by atoms with Crippen molar-refractivity contribution in [2.45, 2.75) is 66.6 Å².